The molecule has 3 aromatic rings. The van der Waals surface area contributed by atoms with E-state index in [1.807, 2.05) is 32.0 Å². The zero-order valence-electron chi connectivity index (χ0n) is 16.4. The molecule has 0 bridgehead atoms. The van der Waals surface area contributed by atoms with Crippen LogP contribution in [0.5, 0.6) is 0 Å². The summed E-state index contributed by atoms with van der Waals surface area (Å²) in [5.41, 5.74) is 1.57. The van der Waals surface area contributed by atoms with E-state index in [1.54, 1.807) is 0 Å². The maximum absolute atomic E-state index is 12.5. The van der Waals surface area contributed by atoms with Gasteiger partial charge < -0.3 is 10.1 Å². The fourth-order valence-electron chi connectivity index (χ4n) is 3.72. The summed E-state index contributed by atoms with van der Waals surface area (Å²) in [6.07, 6.45) is 0. The van der Waals surface area contributed by atoms with E-state index in [9.17, 15) is 4.79 Å². The molecule has 0 spiro atoms. The number of fused-ring (bicyclic) bond motifs is 1. The number of carbonyl (C=O) groups excluding carboxylic acids is 1. The van der Waals surface area contributed by atoms with Crippen molar-refractivity contribution in [2.24, 2.45) is 5.41 Å². The lowest BCUT2D eigenvalue weighted by molar-refractivity contribution is -0.152. The summed E-state index contributed by atoms with van der Waals surface area (Å²) in [6.45, 7) is 6.00. The topological polar surface area (TPSA) is 38.3 Å². The average Bonchev–Trinajstić information content (AvgIpc) is 2.71. The number of rotatable bonds is 6. The number of methoxy groups -OCH3 is 1. The molecule has 0 saturated heterocycles. The van der Waals surface area contributed by atoms with Crippen molar-refractivity contribution in [2.75, 3.05) is 7.11 Å². The monoisotopic (exact) mass is 361 g/mol. The molecule has 0 aromatic heterocycles. The molecule has 0 aliphatic rings. The van der Waals surface area contributed by atoms with Crippen LogP contribution < -0.4 is 5.32 Å². The number of carbonyl (C=O) groups is 1. The second-order valence-electron chi connectivity index (χ2n) is 7.51. The van der Waals surface area contributed by atoms with E-state index in [0.29, 0.717) is 0 Å². The van der Waals surface area contributed by atoms with Crippen molar-refractivity contribution >= 4 is 16.7 Å². The SMILES string of the molecule is COC(=O)C(C)(C)[C@@H](N[C@H](C)c1cccc2ccccc12)c1ccccc1. The summed E-state index contributed by atoms with van der Waals surface area (Å²) < 4.78 is 5.10. The van der Waals surface area contributed by atoms with Crippen LogP contribution in [0.15, 0.2) is 72.8 Å². The number of nitrogens with one attached hydrogen (secondary N) is 1. The van der Waals surface area contributed by atoms with Crippen LogP contribution in [0.25, 0.3) is 10.8 Å². The van der Waals surface area contributed by atoms with Gasteiger partial charge in [-0.1, -0.05) is 72.8 Å². The van der Waals surface area contributed by atoms with Gasteiger partial charge in [-0.3, -0.25) is 4.79 Å². The van der Waals surface area contributed by atoms with Crippen LogP contribution >= 0.6 is 0 Å². The van der Waals surface area contributed by atoms with Crippen molar-refractivity contribution in [1.29, 1.82) is 0 Å². The Bertz CT molecular complexity index is 913. The lowest BCUT2D eigenvalue weighted by Crippen LogP contribution is -2.41. The lowest BCUT2D eigenvalue weighted by Gasteiger charge is -2.35. The first-order valence-corrected chi connectivity index (χ1v) is 9.32. The zero-order chi connectivity index (χ0) is 19.4. The van der Waals surface area contributed by atoms with Crippen molar-refractivity contribution in [3.05, 3.63) is 83.9 Å². The molecule has 3 nitrogen and oxygen atoms in total. The summed E-state index contributed by atoms with van der Waals surface area (Å²) in [6, 6.07) is 24.7. The molecule has 27 heavy (non-hydrogen) atoms. The Kier molecular flexibility index (Phi) is 5.62. The Morgan fingerprint density at radius 1 is 0.926 bits per heavy atom. The molecule has 3 rings (SSSR count). The molecule has 0 heterocycles. The van der Waals surface area contributed by atoms with Gasteiger partial charge >= 0.3 is 5.97 Å². The Morgan fingerprint density at radius 2 is 1.56 bits per heavy atom. The van der Waals surface area contributed by atoms with Gasteiger partial charge in [0.1, 0.15) is 0 Å². The summed E-state index contributed by atoms with van der Waals surface area (Å²) in [4.78, 5) is 12.5. The highest BCUT2D eigenvalue weighted by atomic mass is 16.5. The van der Waals surface area contributed by atoms with Crippen molar-refractivity contribution < 1.29 is 9.53 Å². The van der Waals surface area contributed by atoms with Gasteiger partial charge in [0.15, 0.2) is 0 Å². The first kappa shape index (κ1) is 19.1. The highest BCUT2D eigenvalue weighted by molar-refractivity contribution is 5.86. The summed E-state index contributed by atoms with van der Waals surface area (Å²) in [5, 5.41) is 6.14. The van der Waals surface area contributed by atoms with Crippen molar-refractivity contribution in [1.82, 2.24) is 5.32 Å². The predicted molar refractivity (Wildman–Crippen MR) is 110 cm³/mol. The number of esters is 1. The number of benzene rings is 3. The average molecular weight is 361 g/mol. The Hall–Kier alpha value is -2.65. The van der Waals surface area contributed by atoms with Crippen molar-refractivity contribution in [2.45, 2.75) is 32.9 Å². The Balaban J connectivity index is 2.00. The fraction of sp³-hybridized carbons (Fsp3) is 0.292. The Labute approximate surface area is 161 Å². The second-order valence-corrected chi connectivity index (χ2v) is 7.51. The van der Waals surface area contributed by atoms with Gasteiger partial charge in [0.2, 0.25) is 0 Å². The summed E-state index contributed by atoms with van der Waals surface area (Å²) >= 11 is 0. The van der Waals surface area contributed by atoms with Crippen LogP contribution in [0.3, 0.4) is 0 Å². The van der Waals surface area contributed by atoms with Crippen LogP contribution in [0.4, 0.5) is 0 Å². The summed E-state index contributed by atoms with van der Waals surface area (Å²) in [5.74, 6) is -0.228. The normalized spacial score (nSPS) is 13.9. The van der Waals surface area contributed by atoms with Crippen molar-refractivity contribution in [3.8, 4) is 0 Å². The molecule has 0 aliphatic carbocycles. The van der Waals surface area contributed by atoms with E-state index < -0.39 is 5.41 Å². The van der Waals surface area contributed by atoms with Gasteiger partial charge in [-0.15, -0.1) is 0 Å². The maximum atomic E-state index is 12.5. The van der Waals surface area contributed by atoms with Crippen LogP contribution in [0.2, 0.25) is 0 Å². The molecule has 1 N–H and O–H groups in total. The smallest absolute Gasteiger partial charge is 0.313 e. The number of ether oxygens (including phenoxy) is 1. The van der Waals surface area contributed by atoms with Crippen LogP contribution in [0.1, 0.15) is 44.0 Å². The molecule has 0 fully saturated rings. The molecule has 140 valence electrons. The van der Waals surface area contributed by atoms with E-state index in [1.165, 1.54) is 23.4 Å². The van der Waals surface area contributed by atoms with E-state index in [4.69, 9.17) is 4.74 Å². The van der Waals surface area contributed by atoms with Gasteiger partial charge in [0, 0.05) is 12.1 Å². The molecule has 2 atom stereocenters. The van der Waals surface area contributed by atoms with Gasteiger partial charge in [0.05, 0.1) is 12.5 Å². The minimum atomic E-state index is -0.713. The Morgan fingerprint density at radius 3 is 2.26 bits per heavy atom. The molecule has 0 radical (unpaired) electrons. The number of hydrogen-bond acceptors (Lipinski definition) is 3. The molecular formula is C24H27NO2. The molecule has 3 heteroatoms. The van der Waals surface area contributed by atoms with Gasteiger partial charge in [0.25, 0.3) is 0 Å². The fourth-order valence-corrected chi connectivity index (χ4v) is 3.72. The van der Waals surface area contributed by atoms with Gasteiger partial charge in [-0.05, 0) is 42.7 Å². The largest absolute Gasteiger partial charge is 0.469 e. The minimum absolute atomic E-state index is 0.0604. The molecule has 0 aliphatic heterocycles. The highest BCUT2D eigenvalue weighted by Gasteiger charge is 2.39. The standard InChI is InChI=1S/C24H27NO2/c1-17(20-16-10-14-18-11-8-9-15-21(18)20)25-22(19-12-6-5-7-13-19)24(2,3)23(26)27-4/h5-17,22,25H,1-4H3/t17-,22+/m1/s1. The van der Waals surface area contributed by atoms with Crippen molar-refractivity contribution in [3.63, 3.8) is 0 Å². The quantitative estimate of drug-likeness (QED) is 0.595. The van der Waals surface area contributed by atoms with E-state index >= 15 is 0 Å². The summed E-state index contributed by atoms with van der Waals surface area (Å²) in [7, 11) is 1.44. The first-order chi connectivity index (χ1) is 12.9. The third-order valence-electron chi connectivity index (χ3n) is 5.27. The van der Waals surface area contributed by atoms with E-state index in [0.717, 1.165) is 5.56 Å². The molecule has 0 amide bonds. The van der Waals surface area contributed by atoms with E-state index in [-0.39, 0.29) is 18.1 Å². The van der Waals surface area contributed by atoms with Gasteiger partial charge in [-0.2, -0.15) is 0 Å². The van der Waals surface area contributed by atoms with Crippen LogP contribution in [0, 0.1) is 5.41 Å². The molecule has 0 unspecified atom stereocenters. The molecule has 0 saturated carbocycles. The number of hydrogen-bond donors (Lipinski definition) is 1. The van der Waals surface area contributed by atoms with E-state index in [2.05, 4.69) is 66.8 Å². The zero-order valence-corrected chi connectivity index (χ0v) is 16.4. The molecular weight excluding hydrogens is 334 g/mol. The lowest BCUT2D eigenvalue weighted by atomic mass is 9.79. The third kappa shape index (κ3) is 3.88. The van der Waals surface area contributed by atoms with Gasteiger partial charge in [-0.25, -0.2) is 0 Å². The minimum Gasteiger partial charge on any atom is -0.469 e. The maximum Gasteiger partial charge on any atom is 0.313 e. The van der Waals surface area contributed by atoms with Crippen LogP contribution in [-0.4, -0.2) is 13.1 Å². The third-order valence-corrected chi connectivity index (χ3v) is 5.27. The molecule has 3 aromatic carbocycles. The predicted octanol–water partition coefficient (Wildman–Crippen LogP) is 5.43. The first-order valence-electron chi connectivity index (χ1n) is 9.32. The highest BCUT2D eigenvalue weighted by Crippen LogP contribution is 2.37. The van der Waals surface area contributed by atoms with Crippen LogP contribution in [-0.2, 0) is 9.53 Å². The second kappa shape index (κ2) is 7.93.